The summed E-state index contributed by atoms with van der Waals surface area (Å²) in [4.78, 5) is 26.3. The van der Waals surface area contributed by atoms with Crippen molar-refractivity contribution in [1.29, 1.82) is 0 Å². The summed E-state index contributed by atoms with van der Waals surface area (Å²) in [5, 5.41) is 2.67. The smallest absolute Gasteiger partial charge is 0.244 e. The van der Waals surface area contributed by atoms with Gasteiger partial charge in [-0.2, -0.15) is 0 Å². The fourth-order valence-corrected chi connectivity index (χ4v) is 2.68. The normalized spacial score (nSPS) is 10.5. The van der Waals surface area contributed by atoms with E-state index in [0.29, 0.717) is 24.5 Å². The van der Waals surface area contributed by atoms with Crippen LogP contribution in [0.15, 0.2) is 48.5 Å². The number of nitrogens with zero attached hydrogens (tertiary/aromatic N) is 1. The zero-order valence-corrected chi connectivity index (χ0v) is 17.0. The molecule has 0 fully saturated rings. The van der Waals surface area contributed by atoms with E-state index in [2.05, 4.69) is 5.32 Å². The number of ether oxygens (including phenoxy) is 2. The Balaban J connectivity index is 1.78. The summed E-state index contributed by atoms with van der Waals surface area (Å²) in [6.07, 6.45) is 0.811. The Labute approximate surface area is 170 Å². The Kier molecular flexibility index (Phi) is 8.45. The molecule has 0 saturated carbocycles. The highest BCUT2D eigenvalue weighted by molar-refractivity contribution is 5.94. The van der Waals surface area contributed by atoms with E-state index in [-0.39, 0.29) is 36.6 Å². The average Bonchev–Trinajstić information content (AvgIpc) is 2.71. The van der Waals surface area contributed by atoms with E-state index < -0.39 is 0 Å². The molecule has 2 aromatic rings. The van der Waals surface area contributed by atoms with E-state index in [9.17, 15) is 14.0 Å². The zero-order chi connectivity index (χ0) is 21.2. The fourth-order valence-electron chi connectivity index (χ4n) is 2.68. The van der Waals surface area contributed by atoms with Crippen molar-refractivity contribution in [2.75, 3.05) is 25.6 Å². The first-order valence-electron chi connectivity index (χ1n) is 9.50. The largest absolute Gasteiger partial charge is 0.497 e. The molecule has 2 aromatic carbocycles. The van der Waals surface area contributed by atoms with Crippen LogP contribution in [-0.2, 0) is 9.59 Å². The number of rotatable bonds is 10. The number of nitrogens with one attached hydrogen (secondary N) is 1. The van der Waals surface area contributed by atoms with Gasteiger partial charge < -0.3 is 19.7 Å². The van der Waals surface area contributed by atoms with Crippen LogP contribution in [0.4, 0.5) is 10.1 Å². The zero-order valence-electron chi connectivity index (χ0n) is 17.0. The number of carbonyl (C=O) groups is 2. The summed E-state index contributed by atoms with van der Waals surface area (Å²) in [6.45, 7) is 4.05. The molecular formula is C22H27FN2O4. The lowest BCUT2D eigenvalue weighted by atomic mass is 10.2. The topological polar surface area (TPSA) is 67.9 Å². The third-order valence-corrected chi connectivity index (χ3v) is 4.25. The maximum absolute atomic E-state index is 13.0. The second-order valence-electron chi connectivity index (χ2n) is 6.80. The molecule has 0 aromatic heterocycles. The molecule has 6 nitrogen and oxygen atoms in total. The highest BCUT2D eigenvalue weighted by Gasteiger charge is 2.20. The molecule has 2 amide bonds. The van der Waals surface area contributed by atoms with Gasteiger partial charge in [-0.1, -0.05) is 0 Å². The Morgan fingerprint density at radius 2 is 1.66 bits per heavy atom. The second kappa shape index (κ2) is 11.0. The van der Waals surface area contributed by atoms with Gasteiger partial charge in [0.2, 0.25) is 11.8 Å². The minimum Gasteiger partial charge on any atom is -0.497 e. The van der Waals surface area contributed by atoms with Gasteiger partial charge in [0.05, 0.1) is 13.7 Å². The molecule has 2 rings (SSSR count). The quantitative estimate of drug-likeness (QED) is 0.613. The summed E-state index contributed by atoms with van der Waals surface area (Å²) in [5.74, 6) is 0.635. The predicted octanol–water partition coefficient (Wildman–Crippen LogP) is 3.87. The van der Waals surface area contributed by atoms with E-state index in [0.717, 1.165) is 5.75 Å². The maximum atomic E-state index is 13.0. The van der Waals surface area contributed by atoms with Crippen LogP contribution in [0.3, 0.4) is 0 Å². The Morgan fingerprint density at radius 1 is 1.03 bits per heavy atom. The van der Waals surface area contributed by atoms with Crippen molar-refractivity contribution in [3.05, 3.63) is 54.3 Å². The molecule has 1 N–H and O–H groups in total. The molecule has 29 heavy (non-hydrogen) atoms. The molecule has 7 heteroatoms. The standard InChI is InChI=1S/C22H27FN2O4/c1-16(2)25(15-21(26)24-18-8-6-17(23)7-9-18)22(27)5-4-14-29-20-12-10-19(28-3)11-13-20/h6-13,16H,4-5,14-15H2,1-3H3,(H,24,26). The number of halogens is 1. The van der Waals surface area contributed by atoms with E-state index in [1.165, 1.54) is 29.2 Å². The molecule has 0 bridgehead atoms. The van der Waals surface area contributed by atoms with Crippen LogP contribution in [-0.4, -0.2) is 43.0 Å². The van der Waals surface area contributed by atoms with Gasteiger partial charge >= 0.3 is 0 Å². The van der Waals surface area contributed by atoms with Gasteiger partial charge in [-0.05, 0) is 68.8 Å². The van der Waals surface area contributed by atoms with Crippen LogP contribution in [0.1, 0.15) is 26.7 Å². The molecule has 0 radical (unpaired) electrons. The molecule has 0 unspecified atom stereocenters. The highest BCUT2D eigenvalue weighted by Crippen LogP contribution is 2.17. The molecule has 0 saturated heterocycles. The van der Waals surface area contributed by atoms with Crippen molar-refractivity contribution in [1.82, 2.24) is 4.90 Å². The van der Waals surface area contributed by atoms with Crippen LogP contribution >= 0.6 is 0 Å². The third-order valence-electron chi connectivity index (χ3n) is 4.25. The van der Waals surface area contributed by atoms with Crippen molar-refractivity contribution in [3.63, 3.8) is 0 Å². The molecule has 0 spiro atoms. The summed E-state index contributed by atoms with van der Waals surface area (Å²) < 4.78 is 23.7. The highest BCUT2D eigenvalue weighted by atomic mass is 19.1. The average molecular weight is 402 g/mol. The molecule has 0 aliphatic carbocycles. The second-order valence-corrected chi connectivity index (χ2v) is 6.80. The summed E-state index contributed by atoms with van der Waals surface area (Å²) in [5.41, 5.74) is 0.487. The van der Waals surface area contributed by atoms with Gasteiger partial charge in [0.1, 0.15) is 23.9 Å². The number of methoxy groups -OCH3 is 1. The van der Waals surface area contributed by atoms with Crippen molar-refractivity contribution in [2.24, 2.45) is 0 Å². The first-order chi connectivity index (χ1) is 13.9. The Morgan fingerprint density at radius 3 is 2.24 bits per heavy atom. The lowest BCUT2D eigenvalue weighted by Gasteiger charge is -2.26. The number of hydrogen-bond donors (Lipinski definition) is 1. The summed E-state index contributed by atoms with van der Waals surface area (Å²) in [7, 11) is 1.60. The van der Waals surface area contributed by atoms with E-state index >= 15 is 0 Å². The lowest BCUT2D eigenvalue weighted by molar-refractivity contribution is -0.136. The van der Waals surface area contributed by atoms with E-state index in [1.807, 2.05) is 13.8 Å². The van der Waals surface area contributed by atoms with Crippen molar-refractivity contribution < 1.29 is 23.5 Å². The lowest BCUT2D eigenvalue weighted by Crippen LogP contribution is -2.42. The number of benzene rings is 2. The molecule has 0 heterocycles. The number of hydrogen-bond acceptors (Lipinski definition) is 4. The van der Waals surface area contributed by atoms with Crippen molar-refractivity contribution in [3.8, 4) is 11.5 Å². The maximum Gasteiger partial charge on any atom is 0.244 e. The molecule has 0 aliphatic rings. The molecule has 0 atom stereocenters. The summed E-state index contributed by atoms with van der Waals surface area (Å²) in [6, 6.07) is 12.6. The monoisotopic (exact) mass is 402 g/mol. The fraction of sp³-hybridized carbons (Fsp3) is 0.364. The predicted molar refractivity (Wildman–Crippen MR) is 110 cm³/mol. The van der Waals surface area contributed by atoms with Crippen LogP contribution in [0.5, 0.6) is 11.5 Å². The Hall–Kier alpha value is -3.09. The molecule has 156 valence electrons. The van der Waals surface area contributed by atoms with Crippen LogP contribution in [0.2, 0.25) is 0 Å². The molecule has 0 aliphatic heterocycles. The van der Waals surface area contributed by atoms with E-state index in [1.54, 1.807) is 31.4 Å². The SMILES string of the molecule is COc1ccc(OCCCC(=O)N(CC(=O)Nc2ccc(F)cc2)C(C)C)cc1. The minimum absolute atomic E-state index is 0.0623. The van der Waals surface area contributed by atoms with Gasteiger partial charge in [-0.25, -0.2) is 4.39 Å². The van der Waals surface area contributed by atoms with Gasteiger partial charge in [0.15, 0.2) is 0 Å². The van der Waals surface area contributed by atoms with Crippen LogP contribution in [0.25, 0.3) is 0 Å². The molecular weight excluding hydrogens is 375 g/mol. The van der Waals surface area contributed by atoms with Gasteiger partial charge in [0, 0.05) is 18.2 Å². The first kappa shape index (κ1) is 22.2. The van der Waals surface area contributed by atoms with Crippen molar-refractivity contribution >= 4 is 17.5 Å². The van der Waals surface area contributed by atoms with Gasteiger partial charge in [0.25, 0.3) is 0 Å². The minimum atomic E-state index is -0.376. The van der Waals surface area contributed by atoms with E-state index in [4.69, 9.17) is 9.47 Å². The first-order valence-corrected chi connectivity index (χ1v) is 9.50. The number of carbonyl (C=O) groups excluding carboxylic acids is 2. The van der Waals surface area contributed by atoms with Gasteiger partial charge in [-0.3, -0.25) is 9.59 Å². The van der Waals surface area contributed by atoms with Crippen LogP contribution in [0, 0.1) is 5.82 Å². The number of anilines is 1. The van der Waals surface area contributed by atoms with Crippen molar-refractivity contribution in [2.45, 2.75) is 32.7 Å². The Bertz CT molecular complexity index is 791. The number of amides is 2. The van der Waals surface area contributed by atoms with Crippen LogP contribution < -0.4 is 14.8 Å². The van der Waals surface area contributed by atoms with Gasteiger partial charge in [-0.15, -0.1) is 0 Å². The summed E-state index contributed by atoms with van der Waals surface area (Å²) >= 11 is 0. The third kappa shape index (κ3) is 7.44.